The number of anilines is 1. The zero-order valence-electron chi connectivity index (χ0n) is 17.3. The minimum Gasteiger partial charge on any atom is -0.507 e. The van der Waals surface area contributed by atoms with Gasteiger partial charge in [0.15, 0.2) is 0 Å². The number of benzene rings is 3. The smallest absolute Gasteiger partial charge is 0.300 e. The average molecular weight is 446 g/mol. The maximum absolute atomic E-state index is 13.3. The number of amides is 1. The number of hydrogen-bond donors (Lipinski definition) is 1. The second-order valence-corrected chi connectivity index (χ2v) is 8.29. The van der Waals surface area contributed by atoms with E-state index in [2.05, 4.69) is 0 Å². The third-order valence-electron chi connectivity index (χ3n) is 6.02. The fourth-order valence-electron chi connectivity index (χ4n) is 4.38. The molecule has 6 heteroatoms. The molecule has 1 fully saturated rings. The highest BCUT2D eigenvalue weighted by molar-refractivity contribution is 6.52. The van der Waals surface area contributed by atoms with Gasteiger partial charge in [-0.05, 0) is 53.9 Å². The number of rotatable bonds is 3. The Hall–Kier alpha value is -3.57. The van der Waals surface area contributed by atoms with E-state index in [1.807, 2.05) is 36.4 Å². The molecule has 5 nitrogen and oxygen atoms in total. The van der Waals surface area contributed by atoms with Crippen LogP contribution in [0, 0.1) is 6.92 Å². The van der Waals surface area contributed by atoms with Crippen LogP contribution in [-0.2, 0) is 16.0 Å². The van der Waals surface area contributed by atoms with Crippen LogP contribution in [0.2, 0.25) is 5.02 Å². The fourth-order valence-corrected chi connectivity index (χ4v) is 4.55. The number of carbonyl (C=O) groups is 2. The van der Waals surface area contributed by atoms with Crippen LogP contribution in [0.3, 0.4) is 0 Å². The summed E-state index contributed by atoms with van der Waals surface area (Å²) in [5.41, 5.74) is 3.44. The Balaban J connectivity index is 1.73. The van der Waals surface area contributed by atoms with Crippen LogP contribution in [0.5, 0.6) is 5.75 Å². The van der Waals surface area contributed by atoms with Gasteiger partial charge >= 0.3 is 0 Å². The number of nitrogens with zero attached hydrogens (tertiary/aromatic N) is 1. The minimum atomic E-state index is -0.780. The molecule has 1 amide bonds. The predicted octanol–water partition coefficient (Wildman–Crippen LogP) is 5.21. The van der Waals surface area contributed by atoms with Gasteiger partial charge in [-0.25, -0.2) is 0 Å². The molecule has 2 heterocycles. The van der Waals surface area contributed by atoms with Crippen LogP contribution in [-0.4, -0.2) is 23.4 Å². The summed E-state index contributed by atoms with van der Waals surface area (Å²) in [6, 6.07) is 19.0. The van der Waals surface area contributed by atoms with Gasteiger partial charge in [-0.1, -0.05) is 48.0 Å². The third kappa shape index (κ3) is 3.17. The lowest BCUT2D eigenvalue weighted by molar-refractivity contribution is -0.132. The first-order valence-corrected chi connectivity index (χ1v) is 10.7. The Morgan fingerprint density at radius 3 is 2.62 bits per heavy atom. The number of carbonyl (C=O) groups excluding carboxylic acids is 2. The van der Waals surface area contributed by atoms with Crippen molar-refractivity contribution in [2.45, 2.75) is 19.4 Å². The summed E-state index contributed by atoms with van der Waals surface area (Å²) >= 11 is 6.32. The lowest BCUT2D eigenvalue weighted by Gasteiger charge is -2.27. The molecule has 2 aliphatic heterocycles. The zero-order chi connectivity index (χ0) is 22.4. The third-order valence-corrected chi connectivity index (χ3v) is 6.43. The molecule has 0 aromatic heterocycles. The van der Waals surface area contributed by atoms with E-state index < -0.39 is 17.7 Å². The summed E-state index contributed by atoms with van der Waals surface area (Å²) in [7, 11) is 0. The number of fused-ring (bicyclic) bond motifs is 1. The normalized spacial score (nSPS) is 19.2. The van der Waals surface area contributed by atoms with Crippen molar-refractivity contribution in [1.29, 1.82) is 0 Å². The van der Waals surface area contributed by atoms with E-state index >= 15 is 0 Å². The molecule has 2 aliphatic rings. The standard InChI is InChI=1S/C26H20ClNO4/c1-15-19(27)8-5-9-20(15)28-23(16-6-3-2-4-7-16)22(25(30)26(28)31)24(29)18-10-11-21-17(14-18)12-13-32-21/h2-11,14,23,29H,12-13H2,1H3/b24-22-. The number of Topliss-reactive ketones (excluding diaryl/α,β-unsaturated/α-hetero) is 1. The lowest BCUT2D eigenvalue weighted by Crippen LogP contribution is -2.30. The van der Waals surface area contributed by atoms with Crippen LogP contribution in [0.1, 0.15) is 28.3 Å². The average Bonchev–Trinajstić information content (AvgIpc) is 3.38. The summed E-state index contributed by atoms with van der Waals surface area (Å²) in [5.74, 6) is -0.854. The highest BCUT2D eigenvalue weighted by atomic mass is 35.5. The second-order valence-electron chi connectivity index (χ2n) is 7.88. The zero-order valence-corrected chi connectivity index (χ0v) is 18.1. The molecule has 1 unspecified atom stereocenters. The van der Waals surface area contributed by atoms with Crippen molar-refractivity contribution in [1.82, 2.24) is 0 Å². The molecule has 0 spiro atoms. The molecule has 0 radical (unpaired) electrons. The lowest BCUT2D eigenvalue weighted by atomic mass is 9.94. The first-order valence-electron chi connectivity index (χ1n) is 10.3. The van der Waals surface area contributed by atoms with Crippen molar-refractivity contribution in [3.8, 4) is 5.75 Å². The molecule has 0 bridgehead atoms. The van der Waals surface area contributed by atoms with Crippen molar-refractivity contribution in [3.05, 3.63) is 99.6 Å². The second kappa shape index (κ2) is 7.84. The Morgan fingerprint density at radius 2 is 1.84 bits per heavy atom. The van der Waals surface area contributed by atoms with Crippen molar-refractivity contribution < 1.29 is 19.4 Å². The van der Waals surface area contributed by atoms with Crippen molar-refractivity contribution >= 4 is 34.7 Å². The molecular formula is C26H20ClNO4. The fraction of sp³-hybridized carbons (Fsp3) is 0.154. The Morgan fingerprint density at radius 1 is 1.06 bits per heavy atom. The monoisotopic (exact) mass is 445 g/mol. The van der Waals surface area contributed by atoms with Crippen LogP contribution >= 0.6 is 11.6 Å². The van der Waals surface area contributed by atoms with Gasteiger partial charge in [0.05, 0.1) is 18.2 Å². The Labute approximate surface area is 190 Å². The number of aliphatic hydroxyl groups is 1. The van der Waals surface area contributed by atoms with E-state index in [1.165, 1.54) is 4.90 Å². The van der Waals surface area contributed by atoms with E-state index in [1.54, 1.807) is 37.3 Å². The van der Waals surface area contributed by atoms with Crippen LogP contribution in [0.4, 0.5) is 5.69 Å². The molecule has 32 heavy (non-hydrogen) atoms. The number of aliphatic hydroxyl groups excluding tert-OH is 1. The van der Waals surface area contributed by atoms with E-state index in [-0.39, 0.29) is 11.3 Å². The number of hydrogen-bond acceptors (Lipinski definition) is 4. The molecule has 5 rings (SSSR count). The Bertz CT molecular complexity index is 1280. The topological polar surface area (TPSA) is 66.8 Å². The maximum Gasteiger partial charge on any atom is 0.300 e. The van der Waals surface area contributed by atoms with E-state index in [4.69, 9.17) is 16.3 Å². The summed E-state index contributed by atoms with van der Waals surface area (Å²) in [5, 5.41) is 11.8. The van der Waals surface area contributed by atoms with Gasteiger partial charge < -0.3 is 9.84 Å². The van der Waals surface area contributed by atoms with Gasteiger partial charge in [0.25, 0.3) is 11.7 Å². The summed E-state index contributed by atoms with van der Waals surface area (Å²) < 4.78 is 5.55. The molecule has 1 saturated heterocycles. The van der Waals surface area contributed by atoms with Gasteiger partial charge in [0.1, 0.15) is 11.5 Å². The largest absolute Gasteiger partial charge is 0.507 e. The molecule has 3 aromatic carbocycles. The number of halogens is 1. The van der Waals surface area contributed by atoms with E-state index in [0.717, 1.165) is 23.3 Å². The first kappa shape index (κ1) is 20.3. The highest BCUT2D eigenvalue weighted by Gasteiger charge is 2.47. The Kier molecular flexibility index (Phi) is 4.98. The van der Waals surface area contributed by atoms with Crippen molar-refractivity contribution in [3.63, 3.8) is 0 Å². The maximum atomic E-state index is 13.3. The minimum absolute atomic E-state index is 0.0550. The number of ketones is 1. The molecule has 1 N–H and O–H groups in total. The van der Waals surface area contributed by atoms with Crippen LogP contribution in [0.25, 0.3) is 5.76 Å². The van der Waals surface area contributed by atoms with Crippen LogP contribution in [0.15, 0.2) is 72.3 Å². The summed E-state index contributed by atoms with van der Waals surface area (Å²) in [6.45, 7) is 2.39. The molecule has 3 aromatic rings. The molecular weight excluding hydrogens is 426 g/mol. The predicted molar refractivity (Wildman–Crippen MR) is 123 cm³/mol. The van der Waals surface area contributed by atoms with Gasteiger partial charge in [0, 0.05) is 22.7 Å². The SMILES string of the molecule is Cc1c(Cl)cccc1N1C(=O)C(=O)/C(=C(\O)c2ccc3c(c2)CCO3)C1c1ccccc1. The van der Waals surface area contributed by atoms with Gasteiger partial charge in [-0.2, -0.15) is 0 Å². The van der Waals surface area contributed by atoms with E-state index in [0.29, 0.717) is 28.4 Å². The molecule has 160 valence electrons. The van der Waals surface area contributed by atoms with Gasteiger partial charge in [-0.15, -0.1) is 0 Å². The molecule has 1 atom stereocenters. The quantitative estimate of drug-likeness (QED) is 0.341. The summed E-state index contributed by atoms with van der Waals surface area (Å²) in [4.78, 5) is 27.9. The van der Waals surface area contributed by atoms with Crippen molar-refractivity contribution in [2.75, 3.05) is 11.5 Å². The van der Waals surface area contributed by atoms with Gasteiger partial charge in [-0.3, -0.25) is 14.5 Å². The molecule has 0 saturated carbocycles. The first-order chi connectivity index (χ1) is 15.5. The summed E-state index contributed by atoms with van der Waals surface area (Å²) in [6.07, 6.45) is 0.731. The van der Waals surface area contributed by atoms with Gasteiger partial charge in [0.2, 0.25) is 0 Å². The van der Waals surface area contributed by atoms with E-state index in [9.17, 15) is 14.7 Å². The van der Waals surface area contributed by atoms with Crippen LogP contribution < -0.4 is 9.64 Å². The molecule has 0 aliphatic carbocycles. The van der Waals surface area contributed by atoms with Crippen molar-refractivity contribution in [2.24, 2.45) is 0 Å². The highest BCUT2D eigenvalue weighted by Crippen LogP contribution is 2.44. The number of ether oxygens (including phenoxy) is 1.